The van der Waals surface area contributed by atoms with Gasteiger partial charge in [0.05, 0.1) is 5.02 Å². The lowest BCUT2D eigenvalue weighted by atomic mass is 10.2. The number of carbonyl (C=O) groups is 1. The molecule has 0 saturated heterocycles. The lowest BCUT2D eigenvalue weighted by Gasteiger charge is -1.99. The van der Waals surface area contributed by atoms with Crippen molar-refractivity contribution in [1.29, 1.82) is 0 Å². The van der Waals surface area contributed by atoms with Crippen LogP contribution in [0, 0.1) is 0 Å². The third kappa shape index (κ3) is 2.49. The number of nitrogens with two attached hydrogens (primary N) is 1. The first-order valence-electron chi connectivity index (χ1n) is 3.56. The highest BCUT2D eigenvalue weighted by atomic mass is 35.5. The molecule has 0 spiro atoms. The average molecular weight is 198 g/mol. The van der Waals surface area contributed by atoms with Crippen molar-refractivity contribution < 1.29 is 9.90 Å². The number of phenolic OH excluding ortho intramolecular Hbond substituents is 1. The lowest BCUT2D eigenvalue weighted by molar-refractivity contribution is -0.113. The van der Waals surface area contributed by atoms with Gasteiger partial charge in [0.15, 0.2) is 0 Å². The molecular weight excluding hydrogens is 190 g/mol. The van der Waals surface area contributed by atoms with Crippen molar-refractivity contribution in [3.63, 3.8) is 0 Å². The summed E-state index contributed by atoms with van der Waals surface area (Å²) in [5.41, 5.74) is 5.28. The summed E-state index contributed by atoms with van der Waals surface area (Å²) in [6, 6.07) is 4.70. The third-order valence-electron chi connectivity index (χ3n) is 1.44. The maximum Gasteiger partial charge on any atom is 0.241 e. The summed E-state index contributed by atoms with van der Waals surface area (Å²) in [5, 5.41) is 9.69. The summed E-state index contributed by atoms with van der Waals surface area (Å²) in [4.78, 5) is 10.4. The quantitative estimate of drug-likeness (QED) is 0.707. The van der Waals surface area contributed by atoms with Crippen LogP contribution in [0.3, 0.4) is 0 Å². The Morgan fingerprint density at radius 2 is 2.23 bits per heavy atom. The SMILES string of the molecule is NC(=O)/C=C/c1c(O)cccc1Cl. The molecule has 0 aromatic heterocycles. The summed E-state index contributed by atoms with van der Waals surface area (Å²) in [6.07, 6.45) is 2.51. The Morgan fingerprint density at radius 3 is 2.77 bits per heavy atom. The monoisotopic (exact) mass is 197 g/mol. The molecule has 1 rings (SSSR count). The van der Waals surface area contributed by atoms with E-state index < -0.39 is 5.91 Å². The molecule has 0 aliphatic rings. The van der Waals surface area contributed by atoms with Crippen molar-refractivity contribution in [2.75, 3.05) is 0 Å². The fourth-order valence-corrected chi connectivity index (χ4v) is 1.09. The van der Waals surface area contributed by atoms with E-state index in [0.29, 0.717) is 10.6 Å². The molecule has 13 heavy (non-hydrogen) atoms. The Labute approximate surface area is 80.4 Å². The molecule has 0 fully saturated rings. The largest absolute Gasteiger partial charge is 0.507 e. The number of aromatic hydroxyl groups is 1. The van der Waals surface area contributed by atoms with Crippen LogP contribution in [0.4, 0.5) is 0 Å². The van der Waals surface area contributed by atoms with E-state index in [0.717, 1.165) is 6.08 Å². The zero-order valence-electron chi connectivity index (χ0n) is 6.70. The van der Waals surface area contributed by atoms with Crippen molar-refractivity contribution in [3.8, 4) is 5.75 Å². The van der Waals surface area contributed by atoms with Crippen LogP contribution < -0.4 is 5.73 Å². The molecule has 0 aliphatic carbocycles. The number of amides is 1. The number of rotatable bonds is 2. The van der Waals surface area contributed by atoms with E-state index in [2.05, 4.69) is 0 Å². The summed E-state index contributed by atoms with van der Waals surface area (Å²) in [5.74, 6) is -0.565. The summed E-state index contributed by atoms with van der Waals surface area (Å²) >= 11 is 5.75. The Bertz CT molecular complexity index is 340. The summed E-state index contributed by atoms with van der Waals surface area (Å²) in [6.45, 7) is 0. The molecule has 1 aromatic carbocycles. The minimum atomic E-state index is -0.584. The highest BCUT2D eigenvalue weighted by molar-refractivity contribution is 6.32. The number of benzene rings is 1. The maximum atomic E-state index is 10.4. The highest BCUT2D eigenvalue weighted by Gasteiger charge is 2.01. The zero-order valence-corrected chi connectivity index (χ0v) is 7.45. The normalized spacial score (nSPS) is 10.5. The Balaban J connectivity index is 3.06. The molecule has 1 amide bonds. The second-order valence-electron chi connectivity index (χ2n) is 2.41. The molecular formula is C9H8ClNO2. The number of phenols is 1. The second kappa shape index (κ2) is 3.96. The van der Waals surface area contributed by atoms with Gasteiger partial charge in [0.1, 0.15) is 5.75 Å². The molecule has 0 atom stereocenters. The van der Waals surface area contributed by atoms with Crippen molar-refractivity contribution in [1.82, 2.24) is 0 Å². The molecule has 0 bridgehead atoms. The average Bonchev–Trinajstić information content (AvgIpc) is 2.03. The van der Waals surface area contributed by atoms with Crippen LogP contribution in [0.1, 0.15) is 5.56 Å². The van der Waals surface area contributed by atoms with Crippen molar-refractivity contribution >= 4 is 23.6 Å². The zero-order chi connectivity index (χ0) is 9.84. The second-order valence-corrected chi connectivity index (χ2v) is 2.82. The van der Waals surface area contributed by atoms with E-state index in [-0.39, 0.29) is 5.75 Å². The van der Waals surface area contributed by atoms with Gasteiger partial charge in [-0.25, -0.2) is 0 Å². The minimum absolute atomic E-state index is 0.0185. The number of carbonyl (C=O) groups excluding carboxylic acids is 1. The molecule has 0 unspecified atom stereocenters. The highest BCUT2D eigenvalue weighted by Crippen LogP contribution is 2.26. The van der Waals surface area contributed by atoms with Gasteiger partial charge in [-0.15, -0.1) is 0 Å². The van der Waals surface area contributed by atoms with E-state index in [1.165, 1.54) is 12.1 Å². The van der Waals surface area contributed by atoms with Crippen LogP contribution in [-0.4, -0.2) is 11.0 Å². The molecule has 0 radical (unpaired) electrons. The predicted octanol–water partition coefficient (Wildman–Crippen LogP) is 1.54. The summed E-state index contributed by atoms with van der Waals surface area (Å²) in [7, 11) is 0. The molecule has 68 valence electrons. The van der Waals surface area contributed by atoms with Gasteiger partial charge in [-0.3, -0.25) is 4.79 Å². The topological polar surface area (TPSA) is 63.3 Å². The lowest BCUT2D eigenvalue weighted by Crippen LogP contribution is -2.05. The van der Waals surface area contributed by atoms with Crippen LogP contribution >= 0.6 is 11.6 Å². The van der Waals surface area contributed by atoms with Crippen LogP contribution in [0.2, 0.25) is 5.02 Å². The van der Waals surface area contributed by atoms with Crippen LogP contribution in [0.15, 0.2) is 24.3 Å². The molecule has 0 aliphatic heterocycles. The molecule has 0 saturated carbocycles. The Morgan fingerprint density at radius 1 is 1.54 bits per heavy atom. The van der Waals surface area contributed by atoms with Crippen LogP contribution in [0.25, 0.3) is 6.08 Å². The van der Waals surface area contributed by atoms with Gasteiger partial charge in [-0.1, -0.05) is 17.7 Å². The van der Waals surface area contributed by atoms with Crippen LogP contribution in [0.5, 0.6) is 5.75 Å². The maximum absolute atomic E-state index is 10.4. The fraction of sp³-hybridized carbons (Fsp3) is 0. The third-order valence-corrected chi connectivity index (χ3v) is 1.77. The molecule has 3 N–H and O–H groups in total. The van der Waals surface area contributed by atoms with Gasteiger partial charge >= 0.3 is 0 Å². The molecule has 4 heteroatoms. The Kier molecular flexibility index (Phi) is 2.93. The van der Waals surface area contributed by atoms with Gasteiger partial charge in [-0.05, 0) is 18.2 Å². The van der Waals surface area contributed by atoms with Crippen molar-refractivity contribution in [2.45, 2.75) is 0 Å². The standard InChI is InChI=1S/C9H8ClNO2/c10-7-2-1-3-8(12)6(7)4-5-9(11)13/h1-5,12H,(H2,11,13)/b5-4+. The van der Waals surface area contributed by atoms with Crippen LogP contribution in [-0.2, 0) is 4.79 Å². The predicted molar refractivity (Wildman–Crippen MR) is 51.3 cm³/mol. The first-order valence-corrected chi connectivity index (χ1v) is 3.94. The molecule has 3 nitrogen and oxygen atoms in total. The smallest absolute Gasteiger partial charge is 0.241 e. The fourth-order valence-electron chi connectivity index (χ4n) is 0.856. The number of primary amides is 1. The van der Waals surface area contributed by atoms with Gasteiger partial charge in [0, 0.05) is 11.6 Å². The van der Waals surface area contributed by atoms with Gasteiger partial charge in [0.2, 0.25) is 5.91 Å². The molecule has 0 heterocycles. The number of halogens is 1. The Hall–Kier alpha value is -1.48. The minimum Gasteiger partial charge on any atom is -0.507 e. The first-order chi connectivity index (χ1) is 6.11. The van der Waals surface area contributed by atoms with Gasteiger partial charge in [0.25, 0.3) is 0 Å². The van der Waals surface area contributed by atoms with E-state index in [4.69, 9.17) is 17.3 Å². The number of hydrogen-bond acceptors (Lipinski definition) is 2. The molecule has 1 aromatic rings. The van der Waals surface area contributed by atoms with Crippen molar-refractivity contribution in [2.24, 2.45) is 5.73 Å². The van der Waals surface area contributed by atoms with Crippen molar-refractivity contribution in [3.05, 3.63) is 34.9 Å². The van der Waals surface area contributed by atoms with Gasteiger partial charge in [-0.2, -0.15) is 0 Å². The van der Waals surface area contributed by atoms with E-state index in [9.17, 15) is 9.90 Å². The van der Waals surface area contributed by atoms with E-state index in [1.807, 2.05) is 0 Å². The summed E-state index contributed by atoms with van der Waals surface area (Å²) < 4.78 is 0. The number of hydrogen-bond donors (Lipinski definition) is 2. The van der Waals surface area contributed by atoms with E-state index >= 15 is 0 Å². The van der Waals surface area contributed by atoms with E-state index in [1.54, 1.807) is 12.1 Å². The van der Waals surface area contributed by atoms with Gasteiger partial charge < -0.3 is 10.8 Å². The first kappa shape index (κ1) is 9.61.